The molecule has 1 aromatic heterocycles. The molecule has 21 heavy (non-hydrogen) atoms. The summed E-state index contributed by atoms with van der Waals surface area (Å²) >= 11 is 0. The van der Waals surface area contributed by atoms with Gasteiger partial charge in [-0.2, -0.15) is 0 Å². The molecule has 5 N–H and O–H groups in total. The summed E-state index contributed by atoms with van der Waals surface area (Å²) in [5.74, 6) is 0.772. The van der Waals surface area contributed by atoms with Gasteiger partial charge in [0.15, 0.2) is 0 Å². The quantitative estimate of drug-likeness (QED) is 0.431. The molecule has 1 heterocycles. The molecule has 0 saturated heterocycles. The predicted molar refractivity (Wildman–Crippen MR) is 74.5 cm³/mol. The van der Waals surface area contributed by atoms with Crippen LogP contribution in [0.15, 0.2) is 12.4 Å². The van der Waals surface area contributed by atoms with E-state index in [2.05, 4.69) is 4.98 Å². The Morgan fingerprint density at radius 2 is 1.81 bits per heavy atom. The topological polar surface area (TPSA) is 153 Å². The van der Waals surface area contributed by atoms with Crippen LogP contribution in [-0.4, -0.2) is 39.3 Å². The second kappa shape index (κ2) is 6.71. The van der Waals surface area contributed by atoms with Gasteiger partial charge in [-0.1, -0.05) is 6.92 Å². The highest BCUT2D eigenvalue weighted by atomic mass is 31.2. The number of imidazole rings is 1. The summed E-state index contributed by atoms with van der Waals surface area (Å²) in [5, 5.41) is 6.39. The molecule has 0 aliphatic carbocycles. The summed E-state index contributed by atoms with van der Waals surface area (Å²) in [7, 11) is -10.7. The van der Waals surface area contributed by atoms with Crippen LogP contribution in [0.4, 0.5) is 0 Å². The maximum Gasteiger partial charge on any atom is 0.369 e. The van der Waals surface area contributed by atoms with E-state index in [0.29, 0.717) is 6.42 Å². The SMILES string of the molecule is CCCc1nccn1CCCC(O)(P(=O)(O)O)P(=O)(O)O. The van der Waals surface area contributed by atoms with Crippen LogP contribution < -0.4 is 0 Å². The molecule has 0 saturated carbocycles. The lowest BCUT2D eigenvalue weighted by Crippen LogP contribution is -2.29. The molecule has 9 nitrogen and oxygen atoms in total. The molecule has 0 aromatic carbocycles. The van der Waals surface area contributed by atoms with E-state index in [1.54, 1.807) is 17.0 Å². The van der Waals surface area contributed by atoms with Crippen molar-refractivity contribution in [1.82, 2.24) is 9.55 Å². The molecule has 1 rings (SSSR count). The van der Waals surface area contributed by atoms with Gasteiger partial charge < -0.3 is 29.2 Å². The fraction of sp³-hybridized carbons (Fsp3) is 0.700. The van der Waals surface area contributed by atoms with Crippen molar-refractivity contribution in [3.63, 3.8) is 0 Å². The summed E-state index contributed by atoms with van der Waals surface area (Å²) < 4.78 is 24.1. The average Bonchev–Trinajstić information content (AvgIpc) is 2.74. The Morgan fingerprint density at radius 1 is 1.24 bits per heavy atom. The first kappa shape index (κ1) is 18.5. The van der Waals surface area contributed by atoms with E-state index in [-0.39, 0.29) is 13.0 Å². The third-order valence-corrected chi connectivity index (χ3v) is 7.00. The van der Waals surface area contributed by atoms with Gasteiger partial charge in [0.25, 0.3) is 5.08 Å². The van der Waals surface area contributed by atoms with E-state index in [1.165, 1.54) is 0 Å². The van der Waals surface area contributed by atoms with Crippen molar-refractivity contribution in [2.45, 2.75) is 44.2 Å². The predicted octanol–water partition coefficient (Wildman–Crippen LogP) is 0.617. The van der Waals surface area contributed by atoms with Crippen molar-refractivity contribution < 1.29 is 33.8 Å². The first-order chi connectivity index (χ1) is 9.53. The minimum Gasteiger partial charge on any atom is -0.368 e. The maximum atomic E-state index is 11.2. The lowest BCUT2D eigenvalue weighted by molar-refractivity contribution is 0.120. The normalized spacial score (nSPS) is 13.6. The molecule has 122 valence electrons. The molecule has 0 atom stereocenters. The number of hydrogen-bond donors (Lipinski definition) is 5. The minimum absolute atomic E-state index is 0.0141. The van der Waals surface area contributed by atoms with Crippen LogP contribution in [0.1, 0.15) is 32.0 Å². The van der Waals surface area contributed by atoms with Crippen molar-refractivity contribution in [2.24, 2.45) is 0 Å². The third kappa shape index (κ3) is 4.23. The Labute approximate surface area is 122 Å². The van der Waals surface area contributed by atoms with Crippen LogP contribution in [-0.2, 0) is 22.1 Å². The Hall–Kier alpha value is -0.530. The number of aliphatic hydroxyl groups is 1. The van der Waals surface area contributed by atoms with E-state index in [1.807, 2.05) is 6.92 Å². The molecule has 0 fully saturated rings. The zero-order chi connectivity index (χ0) is 16.3. The zero-order valence-electron chi connectivity index (χ0n) is 11.5. The Balaban J connectivity index is 2.78. The van der Waals surface area contributed by atoms with Gasteiger partial charge in [0.2, 0.25) is 0 Å². The lowest BCUT2D eigenvalue weighted by Gasteiger charge is -2.29. The minimum atomic E-state index is -5.37. The summed E-state index contributed by atoms with van der Waals surface area (Å²) in [5.41, 5.74) is 0. The molecule has 0 amide bonds. The van der Waals surface area contributed by atoms with Crippen LogP contribution in [0, 0.1) is 0 Å². The number of rotatable bonds is 8. The molecule has 11 heteroatoms. The molecular formula is C10H20N2O7P2. The summed E-state index contributed by atoms with van der Waals surface area (Å²) in [4.78, 5) is 40.2. The van der Waals surface area contributed by atoms with Crippen LogP contribution in [0.3, 0.4) is 0 Å². The van der Waals surface area contributed by atoms with Gasteiger partial charge in [-0.05, 0) is 12.8 Å². The standard InChI is InChI=1S/C10H20N2O7P2/c1-2-4-9-11-6-8-12(9)7-3-5-10(13,20(14,15)16)21(17,18)19/h6,8,13H,2-5,7H2,1H3,(H2,14,15,16)(H2,17,18,19). The summed E-state index contributed by atoms with van der Waals surface area (Å²) in [6.07, 6.45) is 4.09. The average molecular weight is 342 g/mol. The second-order valence-corrected chi connectivity index (χ2v) is 8.76. The smallest absolute Gasteiger partial charge is 0.368 e. The Bertz CT molecular complexity index is 540. The number of aryl methyl sites for hydroxylation is 2. The van der Waals surface area contributed by atoms with Gasteiger partial charge in [0.1, 0.15) is 5.82 Å². The second-order valence-electron chi connectivity index (χ2n) is 4.75. The van der Waals surface area contributed by atoms with Gasteiger partial charge in [-0.3, -0.25) is 9.13 Å². The first-order valence-electron chi connectivity index (χ1n) is 6.36. The van der Waals surface area contributed by atoms with E-state index in [0.717, 1.165) is 12.2 Å². The van der Waals surface area contributed by atoms with Crippen molar-refractivity contribution in [1.29, 1.82) is 0 Å². The summed E-state index contributed by atoms with van der Waals surface area (Å²) in [6, 6.07) is 0. The monoisotopic (exact) mass is 342 g/mol. The third-order valence-electron chi connectivity index (χ3n) is 3.12. The van der Waals surface area contributed by atoms with Crippen molar-refractivity contribution in [3.8, 4) is 0 Å². The highest BCUT2D eigenvalue weighted by Crippen LogP contribution is 2.69. The van der Waals surface area contributed by atoms with Crippen LogP contribution in [0.25, 0.3) is 0 Å². The van der Waals surface area contributed by atoms with Crippen molar-refractivity contribution in [3.05, 3.63) is 18.2 Å². The molecule has 0 bridgehead atoms. The number of hydrogen-bond acceptors (Lipinski definition) is 4. The van der Waals surface area contributed by atoms with E-state index >= 15 is 0 Å². The van der Waals surface area contributed by atoms with Gasteiger partial charge >= 0.3 is 15.2 Å². The molecular weight excluding hydrogens is 322 g/mol. The molecule has 0 spiro atoms. The fourth-order valence-electron chi connectivity index (χ4n) is 1.94. The van der Waals surface area contributed by atoms with Gasteiger partial charge in [0, 0.05) is 31.8 Å². The Morgan fingerprint density at radius 3 is 2.29 bits per heavy atom. The number of aromatic nitrogens is 2. The molecule has 0 radical (unpaired) electrons. The van der Waals surface area contributed by atoms with E-state index in [9.17, 15) is 14.2 Å². The van der Waals surface area contributed by atoms with Gasteiger partial charge in [-0.15, -0.1) is 0 Å². The van der Waals surface area contributed by atoms with E-state index in [4.69, 9.17) is 19.6 Å². The highest BCUT2D eigenvalue weighted by Gasteiger charge is 2.58. The lowest BCUT2D eigenvalue weighted by atomic mass is 10.3. The fourth-order valence-corrected chi connectivity index (χ4v) is 4.20. The van der Waals surface area contributed by atoms with Crippen molar-refractivity contribution >= 4 is 15.2 Å². The van der Waals surface area contributed by atoms with Crippen LogP contribution in [0.2, 0.25) is 0 Å². The Kier molecular flexibility index (Phi) is 5.91. The largest absolute Gasteiger partial charge is 0.369 e. The zero-order valence-corrected chi connectivity index (χ0v) is 13.3. The molecule has 0 aliphatic rings. The molecule has 1 aromatic rings. The van der Waals surface area contributed by atoms with Crippen molar-refractivity contribution in [2.75, 3.05) is 0 Å². The van der Waals surface area contributed by atoms with E-state index < -0.39 is 26.7 Å². The number of nitrogens with zero attached hydrogens (tertiary/aromatic N) is 2. The van der Waals surface area contributed by atoms with Gasteiger partial charge in [0.05, 0.1) is 0 Å². The molecule has 0 aliphatic heterocycles. The summed E-state index contributed by atoms with van der Waals surface area (Å²) in [6.45, 7) is 2.22. The van der Waals surface area contributed by atoms with Gasteiger partial charge in [-0.25, -0.2) is 4.98 Å². The van der Waals surface area contributed by atoms with Crippen LogP contribution >= 0.6 is 15.2 Å². The first-order valence-corrected chi connectivity index (χ1v) is 9.59. The van der Waals surface area contributed by atoms with Crippen LogP contribution in [0.5, 0.6) is 0 Å². The highest BCUT2D eigenvalue weighted by molar-refractivity contribution is 7.72. The maximum absolute atomic E-state index is 11.2. The molecule has 0 unspecified atom stereocenters.